The van der Waals surface area contributed by atoms with Gasteiger partial charge in [-0.1, -0.05) is 22.0 Å². The standard InChI is InChI=1S/C9H7BrF3N/c10-7-3-5(11)1-2-6(7)8(14)4-9(8,12)13/h1-3H,4,14H2. The predicted octanol–water partition coefficient (Wildman–Crippen LogP) is 2.78. The average Bonchev–Trinajstić information content (AvgIpc) is 2.50. The Kier molecular flexibility index (Phi) is 1.95. The molecule has 14 heavy (non-hydrogen) atoms. The fourth-order valence-corrected chi connectivity index (χ4v) is 2.15. The van der Waals surface area contributed by atoms with Gasteiger partial charge in [0.15, 0.2) is 0 Å². The van der Waals surface area contributed by atoms with Crippen molar-refractivity contribution >= 4 is 15.9 Å². The summed E-state index contributed by atoms with van der Waals surface area (Å²) >= 11 is 3.02. The Labute approximate surface area is 87.2 Å². The number of alkyl halides is 2. The van der Waals surface area contributed by atoms with Crippen LogP contribution in [-0.4, -0.2) is 5.92 Å². The van der Waals surface area contributed by atoms with Crippen molar-refractivity contribution < 1.29 is 13.2 Å². The van der Waals surface area contributed by atoms with Crippen LogP contribution in [0.1, 0.15) is 12.0 Å². The summed E-state index contributed by atoms with van der Waals surface area (Å²) in [6, 6.07) is 3.56. The van der Waals surface area contributed by atoms with Crippen molar-refractivity contribution in [3.05, 3.63) is 34.1 Å². The second-order valence-electron chi connectivity index (χ2n) is 3.48. The molecule has 1 aliphatic carbocycles. The number of rotatable bonds is 1. The SMILES string of the molecule is NC1(c2ccc(F)cc2Br)CC1(F)F. The van der Waals surface area contributed by atoms with Crippen LogP contribution in [0, 0.1) is 5.82 Å². The summed E-state index contributed by atoms with van der Waals surface area (Å²) < 4.78 is 38.8. The maximum Gasteiger partial charge on any atom is 0.272 e. The van der Waals surface area contributed by atoms with Crippen molar-refractivity contribution in [1.29, 1.82) is 0 Å². The van der Waals surface area contributed by atoms with Gasteiger partial charge in [-0.05, 0) is 17.7 Å². The molecule has 1 unspecified atom stereocenters. The smallest absolute Gasteiger partial charge is 0.272 e. The van der Waals surface area contributed by atoms with Crippen LogP contribution >= 0.6 is 15.9 Å². The Bertz CT molecular complexity index is 394. The van der Waals surface area contributed by atoms with Crippen molar-refractivity contribution in [2.75, 3.05) is 0 Å². The molecule has 0 heterocycles. The first-order valence-corrected chi connectivity index (χ1v) is 4.78. The zero-order chi connectivity index (χ0) is 10.6. The lowest BCUT2D eigenvalue weighted by atomic mass is 10.1. The number of halogens is 4. The fourth-order valence-electron chi connectivity index (χ4n) is 1.45. The normalized spacial score (nSPS) is 28.9. The van der Waals surface area contributed by atoms with E-state index in [1.54, 1.807) is 0 Å². The van der Waals surface area contributed by atoms with E-state index in [0.29, 0.717) is 0 Å². The number of hydrogen-bond donors (Lipinski definition) is 1. The predicted molar refractivity (Wildman–Crippen MR) is 49.5 cm³/mol. The van der Waals surface area contributed by atoms with E-state index in [9.17, 15) is 13.2 Å². The van der Waals surface area contributed by atoms with E-state index < -0.39 is 17.3 Å². The quantitative estimate of drug-likeness (QED) is 0.831. The molecule has 0 aliphatic heterocycles. The average molecular weight is 266 g/mol. The van der Waals surface area contributed by atoms with Gasteiger partial charge in [-0.15, -0.1) is 0 Å². The molecular formula is C9H7BrF3N. The van der Waals surface area contributed by atoms with Crippen molar-refractivity contribution in [2.24, 2.45) is 5.73 Å². The molecule has 1 fully saturated rings. The first kappa shape index (κ1) is 9.98. The number of nitrogens with two attached hydrogens (primary N) is 1. The van der Waals surface area contributed by atoms with Gasteiger partial charge in [0, 0.05) is 10.9 Å². The van der Waals surface area contributed by atoms with Crippen LogP contribution in [0.25, 0.3) is 0 Å². The van der Waals surface area contributed by atoms with Gasteiger partial charge in [0.1, 0.15) is 11.4 Å². The van der Waals surface area contributed by atoms with E-state index in [4.69, 9.17) is 5.73 Å². The highest BCUT2D eigenvalue weighted by atomic mass is 79.9. The highest BCUT2D eigenvalue weighted by molar-refractivity contribution is 9.10. The topological polar surface area (TPSA) is 26.0 Å². The van der Waals surface area contributed by atoms with E-state index >= 15 is 0 Å². The van der Waals surface area contributed by atoms with Crippen molar-refractivity contribution in [3.63, 3.8) is 0 Å². The Balaban J connectivity index is 2.45. The van der Waals surface area contributed by atoms with Gasteiger partial charge in [0.25, 0.3) is 5.92 Å². The van der Waals surface area contributed by atoms with Crippen molar-refractivity contribution in [3.8, 4) is 0 Å². The highest BCUT2D eigenvalue weighted by Gasteiger charge is 2.70. The van der Waals surface area contributed by atoms with E-state index in [2.05, 4.69) is 15.9 Å². The minimum Gasteiger partial charge on any atom is -0.316 e. The van der Waals surface area contributed by atoms with Gasteiger partial charge in [-0.3, -0.25) is 0 Å². The molecule has 1 atom stereocenters. The lowest BCUT2D eigenvalue weighted by Crippen LogP contribution is -2.27. The fraction of sp³-hybridized carbons (Fsp3) is 0.333. The van der Waals surface area contributed by atoms with Crippen LogP contribution in [0.5, 0.6) is 0 Å². The van der Waals surface area contributed by atoms with E-state index in [1.165, 1.54) is 6.07 Å². The number of benzene rings is 1. The molecular weight excluding hydrogens is 259 g/mol. The molecule has 2 N–H and O–H groups in total. The first-order valence-electron chi connectivity index (χ1n) is 3.99. The monoisotopic (exact) mass is 265 g/mol. The molecule has 0 radical (unpaired) electrons. The van der Waals surface area contributed by atoms with Gasteiger partial charge >= 0.3 is 0 Å². The van der Waals surface area contributed by atoms with E-state index in [-0.39, 0.29) is 16.5 Å². The van der Waals surface area contributed by atoms with E-state index in [0.717, 1.165) is 12.1 Å². The first-order chi connectivity index (χ1) is 6.37. The third-order valence-corrected chi connectivity index (χ3v) is 3.10. The third kappa shape index (κ3) is 1.26. The van der Waals surface area contributed by atoms with Crippen LogP contribution in [-0.2, 0) is 5.54 Å². The summed E-state index contributed by atoms with van der Waals surface area (Å²) in [5.74, 6) is -3.36. The van der Waals surface area contributed by atoms with Gasteiger partial charge in [-0.25, -0.2) is 13.2 Å². The molecule has 1 aromatic carbocycles. The van der Waals surface area contributed by atoms with Crippen molar-refractivity contribution in [2.45, 2.75) is 17.9 Å². The Morgan fingerprint density at radius 1 is 1.36 bits per heavy atom. The maximum absolute atomic E-state index is 12.9. The lowest BCUT2D eigenvalue weighted by Gasteiger charge is -2.12. The molecule has 1 saturated carbocycles. The minimum atomic E-state index is -2.88. The summed E-state index contributed by atoms with van der Waals surface area (Å²) in [6.45, 7) is 0. The molecule has 0 aromatic heterocycles. The van der Waals surface area contributed by atoms with Crippen LogP contribution in [0.3, 0.4) is 0 Å². The second kappa shape index (κ2) is 2.73. The zero-order valence-electron chi connectivity index (χ0n) is 7.03. The summed E-state index contributed by atoms with van der Waals surface area (Å²) in [7, 11) is 0. The molecule has 0 saturated heterocycles. The van der Waals surface area contributed by atoms with Crippen LogP contribution in [0.15, 0.2) is 22.7 Å². The van der Waals surface area contributed by atoms with Gasteiger partial charge in [0.2, 0.25) is 0 Å². The largest absolute Gasteiger partial charge is 0.316 e. The molecule has 5 heteroatoms. The van der Waals surface area contributed by atoms with Gasteiger partial charge in [0.05, 0.1) is 0 Å². The minimum absolute atomic E-state index is 0.254. The summed E-state index contributed by atoms with van der Waals surface area (Å²) in [6.07, 6.45) is -0.385. The zero-order valence-corrected chi connectivity index (χ0v) is 8.61. The Morgan fingerprint density at radius 3 is 2.36 bits per heavy atom. The molecule has 0 amide bonds. The van der Waals surface area contributed by atoms with E-state index in [1.807, 2.05) is 0 Å². The molecule has 0 spiro atoms. The Hall–Kier alpha value is -0.550. The third-order valence-electron chi connectivity index (χ3n) is 2.44. The molecule has 2 rings (SSSR count). The second-order valence-corrected chi connectivity index (χ2v) is 4.33. The maximum atomic E-state index is 12.9. The summed E-state index contributed by atoms with van der Waals surface area (Å²) in [5.41, 5.74) is 4.12. The molecule has 1 nitrogen and oxygen atoms in total. The summed E-state index contributed by atoms with van der Waals surface area (Å²) in [4.78, 5) is 0. The molecule has 0 bridgehead atoms. The van der Waals surface area contributed by atoms with Gasteiger partial charge in [-0.2, -0.15) is 0 Å². The van der Waals surface area contributed by atoms with Crippen molar-refractivity contribution in [1.82, 2.24) is 0 Å². The number of hydrogen-bond acceptors (Lipinski definition) is 1. The lowest BCUT2D eigenvalue weighted by molar-refractivity contribution is 0.0889. The highest BCUT2D eigenvalue weighted by Crippen LogP contribution is 2.58. The van der Waals surface area contributed by atoms with Crippen LogP contribution in [0.4, 0.5) is 13.2 Å². The van der Waals surface area contributed by atoms with Crippen LogP contribution < -0.4 is 5.73 Å². The molecule has 1 aliphatic rings. The molecule has 76 valence electrons. The Morgan fingerprint density at radius 2 is 1.93 bits per heavy atom. The molecule has 1 aromatic rings. The van der Waals surface area contributed by atoms with Crippen LogP contribution in [0.2, 0.25) is 0 Å². The van der Waals surface area contributed by atoms with Gasteiger partial charge < -0.3 is 5.73 Å². The summed E-state index contributed by atoms with van der Waals surface area (Å²) in [5, 5.41) is 0.